The number of aryl methyl sites for hydroxylation is 2. The molecule has 0 amide bonds. The molecule has 0 bridgehead atoms. The molecule has 0 fully saturated rings. The highest BCUT2D eigenvalue weighted by atomic mass is 16.1. The zero-order chi connectivity index (χ0) is 16.0. The summed E-state index contributed by atoms with van der Waals surface area (Å²) in [4.78, 5) is 12.0. The van der Waals surface area contributed by atoms with E-state index in [9.17, 15) is 4.79 Å². The highest BCUT2D eigenvalue weighted by Crippen LogP contribution is 2.39. The average Bonchev–Trinajstić information content (AvgIpc) is 2.59. The number of benzene rings is 3. The Morgan fingerprint density at radius 2 is 1.78 bits per heavy atom. The van der Waals surface area contributed by atoms with Crippen LogP contribution >= 0.6 is 0 Å². The quantitative estimate of drug-likeness (QED) is 0.566. The van der Waals surface area contributed by atoms with Gasteiger partial charge in [-0.15, -0.1) is 0 Å². The van der Waals surface area contributed by atoms with Crippen LogP contribution in [0.2, 0.25) is 0 Å². The first-order valence-corrected chi connectivity index (χ1v) is 8.67. The highest BCUT2D eigenvalue weighted by molar-refractivity contribution is 6.10. The molecule has 116 valence electrons. The minimum Gasteiger partial charge on any atom is -0.299 e. The number of carbonyl (C=O) groups is 1. The lowest BCUT2D eigenvalue weighted by atomic mass is 9.78. The number of carbonyl (C=O) groups excluding carboxylic acids is 1. The molecule has 3 aromatic carbocycles. The van der Waals surface area contributed by atoms with E-state index in [0.717, 1.165) is 25.7 Å². The Kier molecular flexibility index (Phi) is 3.45. The van der Waals surface area contributed by atoms with Gasteiger partial charge in [0.1, 0.15) is 5.78 Å². The van der Waals surface area contributed by atoms with E-state index in [2.05, 4.69) is 49.4 Å². The molecular formula is C22H22O. The summed E-state index contributed by atoms with van der Waals surface area (Å²) in [5, 5.41) is 5.40. The van der Waals surface area contributed by atoms with Crippen LogP contribution in [0.25, 0.3) is 21.5 Å². The monoisotopic (exact) mass is 302 g/mol. The molecule has 1 atom stereocenters. The van der Waals surface area contributed by atoms with Crippen molar-refractivity contribution >= 4 is 27.3 Å². The predicted molar refractivity (Wildman–Crippen MR) is 97.2 cm³/mol. The van der Waals surface area contributed by atoms with E-state index in [1.807, 2.05) is 0 Å². The van der Waals surface area contributed by atoms with Crippen molar-refractivity contribution in [3.63, 3.8) is 0 Å². The molecule has 0 radical (unpaired) electrons. The number of rotatable bonds is 2. The Labute approximate surface area is 137 Å². The van der Waals surface area contributed by atoms with Crippen LogP contribution in [0.4, 0.5) is 0 Å². The van der Waals surface area contributed by atoms with Crippen LogP contribution < -0.4 is 0 Å². The number of hydrogen-bond acceptors (Lipinski definition) is 1. The zero-order valence-electron chi connectivity index (χ0n) is 13.9. The third-order valence-electron chi connectivity index (χ3n) is 5.44. The van der Waals surface area contributed by atoms with Gasteiger partial charge in [0.05, 0.1) is 0 Å². The summed E-state index contributed by atoms with van der Waals surface area (Å²) in [7, 11) is 0. The van der Waals surface area contributed by atoms with Crippen LogP contribution in [0.1, 0.15) is 49.3 Å². The minimum atomic E-state index is 0.0969. The standard InChI is InChI=1S/C22H22O/c1-3-15-13-22-19-10-6-9-16(14(2)23)20(19)11-12-21(22)18-8-5-4-7-17(15)18/h4-5,7-8,11-13,16H,3,6,9-10H2,1-2H3. The fourth-order valence-corrected chi connectivity index (χ4v) is 4.29. The molecule has 1 unspecified atom stereocenters. The molecule has 23 heavy (non-hydrogen) atoms. The van der Waals surface area contributed by atoms with Gasteiger partial charge >= 0.3 is 0 Å². The molecule has 0 heterocycles. The molecule has 1 aliphatic carbocycles. The van der Waals surface area contributed by atoms with Crippen molar-refractivity contribution in [3.05, 3.63) is 59.2 Å². The molecule has 0 saturated carbocycles. The number of hydrogen-bond donors (Lipinski definition) is 0. The van der Waals surface area contributed by atoms with Crippen LogP contribution in [0.15, 0.2) is 42.5 Å². The van der Waals surface area contributed by atoms with Gasteiger partial charge in [0.15, 0.2) is 0 Å². The molecule has 1 nitrogen and oxygen atoms in total. The smallest absolute Gasteiger partial charge is 0.137 e. The maximum atomic E-state index is 12.0. The van der Waals surface area contributed by atoms with Crippen molar-refractivity contribution in [3.8, 4) is 0 Å². The Morgan fingerprint density at radius 3 is 2.52 bits per heavy atom. The van der Waals surface area contributed by atoms with Gasteiger partial charge in [-0.3, -0.25) is 4.79 Å². The SMILES string of the molecule is CCc1cc2c3c(ccc2c2ccccc12)C(C(C)=O)CCC3. The molecule has 0 N–H and O–H groups in total. The van der Waals surface area contributed by atoms with Crippen molar-refractivity contribution in [2.24, 2.45) is 0 Å². The number of fused-ring (bicyclic) bond motifs is 5. The van der Waals surface area contributed by atoms with E-state index in [4.69, 9.17) is 0 Å². The summed E-state index contributed by atoms with van der Waals surface area (Å²) in [6.45, 7) is 3.96. The summed E-state index contributed by atoms with van der Waals surface area (Å²) >= 11 is 0. The van der Waals surface area contributed by atoms with Crippen molar-refractivity contribution in [1.82, 2.24) is 0 Å². The second kappa shape index (κ2) is 5.49. The van der Waals surface area contributed by atoms with Gasteiger partial charge < -0.3 is 0 Å². The van der Waals surface area contributed by atoms with E-state index in [0.29, 0.717) is 5.78 Å². The lowest BCUT2D eigenvalue weighted by molar-refractivity contribution is -0.118. The topological polar surface area (TPSA) is 17.1 Å². The molecule has 0 spiro atoms. The zero-order valence-corrected chi connectivity index (χ0v) is 13.9. The first-order chi connectivity index (χ1) is 11.2. The fraction of sp³-hybridized carbons (Fsp3) is 0.318. The Bertz CT molecular complexity index is 920. The molecule has 1 aliphatic rings. The lowest BCUT2D eigenvalue weighted by Gasteiger charge is -2.25. The minimum absolute atomic E-state index is 0.0969. The van der Waals surface area contributed by atoms with Crippen molar-refractivity contribution in [1.29, 1.82) is 0 Å². The number of Topliss-reactive ketones (excluding diaryl/α,β-unsaturated/α-hetero) is 1. The van der Waals surface area contributed by atoms with E-state index in [-0.39, 0.29) is 5.92 Å². The molecule has 0 aromatic heterocycles. The Hall–Kier alpha value is -2.15. The molecule has 1 heteroatoms. The first-order valence-electron chi connectivity index (χ1n) is 8.67. The largest absolute Gasteiger partial charge is 0.299 e. The van der Waals surface area contributed by atoms with E-state index in [1.165, 1.54) is 38.2 Å². The predicted octanol–water partition coefficient (Wildman–Crippen LogP) is 5.56. The summed E-state index contributed by atoms with van der Waals surface area (Å²) in [6.07, 6.45) is 4.25. The van der Waals surface area contributed by atoms with E-state index in [1.54, 1.807) is 6.92 Å². The normalized spacial score (nSPS) is 17.4. The van der Waals surface area contributed by atoms with Gasteiger partial charge in [-0.05, 0) is 70.8 Å². The van der Waals surface area contributed by atoms with Crippen molar-refractivity contribution in [2.45, 2.75) is 45.4 Å². The Balaban J connectivity index is 2.10. The first kappa shape index (κ1) is 14.4. The maximum absolute atomic E-state index is 12.0. The van der Waals surface area contributed by atoms with Crippen LogP contribution in [0.3, 0.4) is 0 Å². The fourth-order valence-electron chi connectivity index (χ4n) is 4.29. The van der Waals surface area contributed by atoms with Gasteiger partial charge in [0, 0.05) is 5.92 Å². The van der Waals surface area contributed by atoms with Crippen LogP contribution in [-0.4, -0.2) is 5.78 Å². The van der Waals surface area contributed by atoms with Crippen molar-refractivity contribution in [2.75, 3.05) is 0 Å². The molecule has 3 aromatic rings. The van der Waals surface area contributed by atoms with E-state index >= 15 is 0 Å². The lowest BCUT2D eigenvalue weighted by Crippen LogP contribution is -2.16. The molecule has 0 aliphatic heterocycles. The molecular weight excluding hydrogens is 280 g/mol. The van der Waals surface area contributed by atoms with Crippen LogP contribution in [-0.2, 0) is 17.6 Å². The Morgan fingerprint density at radius 1 is 1.04 bits per heavy atom. The van der Waals surface area contributed by atoms with Gasteiger partial charge in [-0.2, -0.15) is 0 Å². The summed E-state index contributed by atoms with van der Waals surface area (Å²) in [5.74, 6) is 0.404. The molecule has 4 rings (SSSR count). The summed E-state index contributed by atoms with van der Waals surface area (Å²) < 4.78 is 0. The molecule has 0 saturated heterocycles. The van der Waals surface area contributed by atoms with Gasteiger partial charge in [0.25, 0.3) is 0 Å². The maximum Gasteiger partial charge on any atom is 0.137 e. The van der Waals surface area contributed by atoms with Crippen LogP contribution in [0, 0.1) is 0 Å². The van der Waals surface area contributed by atoms with E-state index < -0.39 is 0 Å². The van der Waals surface area contributed by atoms with Crippen LogP contribution in [0.5, 0.6) is 0 Å². The summed E-state index contributed by atoms with van der Waals surface area (Å²) in [6, 6.07) is 15.5. The second-order valence-electron chi connectivity index (χ2n) is 6.72. The number of ketones is 1. The summed E-state index contributed by atoms with van der Waals surface area (Å²) in [5.41, 5.74) is 4.09. The third-order valence-corrected chi connectivity index (χ3v) is 5.44. The van der Waals surface area contributed by atoms with Crippen molar-refractivity contribution < 1.29 is 4.79 Å². The van der Waals surface area contributed by atoms with Gasteiger partial charge in [-0.25, -0.2) is 0 Å². The second-order valence-corrected chi connectivity index (χ2v) is 6.72. The van der Waals surface area contributed by atoms with Gasteiger partial charge in [-0.1, -0.05) is 49.4 Å². The highest BCUT2D eigenvalue weighted by Gasteiger charge is 2.25. The third kappa shape index (κ3) is 2.18. The average molecular weight is 302 g/mol. The van der Waals surface area contributed by atoms with Gasteiger partial charge in [0.2, 0.25) is 0 Å².